The van der Waals surface area contributed by atoms with E-state index >= 15 is 0 Å². The van der Waals surface area contributed by atoms with Gasteiger partial charge in [0.25, 0.3) is 0 Å². The van der Waals surface area contributed by atoms with Crippen LogP contribution in [0.1, 0.15) is 45.7 Å². The van der Waals surface area contributed by atoms with Crippen LogP contribution >= 0.6 is 0 Å². The molecule has 7 nitrogen and oxygen atoms in total. The lowest BCUT2D eigenvalue weighted by Crippen LogP contribution is -2.30. The summed E-state index contributed by atoms with van der Waals surface area (Å²) < 4.78 is 15.0. The maximum Gasteiger partial charge on any atom is 0.516 e. The molecule has 2 N–H and O–H groups in total. The van der Waals surface area contributed by atoms with Gasteiger partial charge in [-0.1, -0.05) is 19.1 Å². The Labute approximate surface area is 147 Å². The third kappa shape index (κ3) is 7.80. The van der Waals surface area contributed by atoms with Gasteiger partial charge in [0.05, 0.1) is 6.61 Å². The molecule has 0 heterocycles. The van der Waals surface area contributed by atoms with Crippen molar-refractivity contribution in [3.05, 3.63) is 29.8 Å². The minimum absolute atomic E-state index is 0.114. The molecule has 0 saturated carbocycles. The first-order chi connectivity index (χ1) is 11.6. The second-order valence-corrected chi connectivity index (χ2v) is 6.75. The summed E-state index contributed by atoms with van der Waals surface area (Å²) in [5, 5.41) is 0. The van der Waals surface area contributed by atoms with Gasteiger partial charge in [0, 0.05) is 6.42 Å². The highest BCUT2D eigenvalue weighted by atomic mass is 16.7. The van der Waals surface area contributed by atoms with Gasteiger partial charge < -0.3 is 24.7 Å². The monoisotopic (exact) mass is 351 g/mol. The van der Waals surface area contributed by atoms with E-state index in [1.54, 1.807) is 45.0 Å². The largest absolute Gasteiger partial charge is 0.516 e. The van der Waals surface area contributed by atoms with Crippen LogP contribution in [-0.2, 0) is 19.1 Å². The topological polar surface area (TPSA) is 105 Å². The SMILES string of the molecule is C[C@H](CC=O)COc1ccc([C@@H](N)C(=O)OC(=O)OC(C)(C)C)cc1. The van der Waals surface area contributed by atoms with Gasteiger partial charge in [-0.25, -0.2) is 9.59 Å². The lowest BCUT2D eigenvalue weighted by molar-refractivity contribution is -0.143. The normalized spacial score (nSPS) is 13.5. The van der Waals surface area contributed by atoms with Crippen molar-refractivity contribution in [3.63, 3.8) is 0 Å². The minimum atomic E-state index is -1.12. The van der Waals surface area contributed by atoms with Crippen LogP contribution in [0.4, 0.5) is 4.79 Å². The van der Waals surface area contributed by atoms with Gasteiger partial charge in [-0.15, -0.1) is 0 Å². The van der Waals surface area contributed by atoms with E-state index < -0.39 is 23.8 Å². The number of carbonyl (C=O) groups excluding carboxylic acids is 3. The van der Waals surface area contributed by atoms with Crippen molar-refractivity contribution in [1.82, 2.24) is 0 Å². The van der Waals surface area contributed by atoms with Crippen LogP contribution < -0.4 is 10.5 Å². The summed E-state index contributed by atoms with van der Waals surface area (Å²) in [5.41, 5.74) is 5.51. The lowest BCUT2D eigenvalue weighted by atomic mass is 10.1. The lowest BCUT2D eigenvalue weighted by Gasteiger charge is -2.19. The fourth-order valence-corrected chi connectivity index (χ4v) is 1.79. The summed E-state index contributed by atoms with van der Waals surface area (Å²) in [5.74, 6) is -0.194. The summed E-state index contributed by atoms with van der Waals surface area (Å²) in [7, 11) is 0. The number of hydrogen-bond acceptors (Lipinski definition) is 7. The number of ether oxygens (including phenoxy) is 3. The highest BCUT2D eigenvalue weighted by Gasteiger charge is 2.24. The van der Waals surface area contributed by atoms with Crippen LogP contribution in [0, 0.1) is 5.92 Å². The van der Waals surface area contributed by atoms with Crippen molar-refractivity contribution in [3.8, 4) is 5.75 Å². The number of esters is 1. The number of rotatable bonds is 7. The zero-order valence-corrected chi connectivity index (χ0v) is 15.0. The third-order valence-electron chi connectivity index (χ3n) is 3.10. The molecule has 2 atom stereocenters. The smallest absolute Gasteiger partial charge is 0.493 e. The number of aldehydes is 1. The Kier molecular flexibility index (Phi) is 7.57. The van der Waals surface area contributed by atoms with Crippen LogP contribution in [-0.4, -0.2) is 30.6 Å². The molecule has 1 aromatic carbocycles. The standard InChI is InChI=1S/C18H25NO6/c1-12(9-10-20)11-23-14-7-5-13(6-8-14)15(19)16(21)24-17(22)25-18(2,3)4/h5-8,10,12,15H,9,11,19H2,1-4H3/t12-,15-/m1/s1. The molecule has 0 spiro atoms. The predicted molar refractivity (Wildman–Crippen MR) is 91.0 cm³/mol. The van der Waals surface area contributed by atoms with E-state index in [0.29, 0.717) is 24.3 Å². The van der Waals surface area contributed by atoms with Gasteiger partial charge >= 0.3 is 12.1 Å². The molecule has 0 unspecified atom stereocenters. The minimum Gasteiger partial charge on any atom is -0.493 e. The molecule has 7 heteroatoms. The Bertz CT molecular complexity index is 591. The second kappa shape index (κ2) is 9.17. The van der Waals surface area contributed by atoms with E-state index in [4.69, 9.17) is 15.2 Å². The van der Waals surface area contributed by atoms with E-state index in [1.807, 2.05) is 6.92 Å². The molecule has 1 rings (SSSR count). The zero-order chi connectivity index (χ0) is 19.0. The van der Waals surface area contributed by atoms with Crippen LogP contribution in [0.3, 0.4) is 0 Å². The van der Waals surface area contributed by atoms with E-state index in [9.17, 15) is 14.4 Å². The predicted octanol–water partition coefficient (Wildman–Crippen LogP) is 2.77. The number of benzene rings is 1. The zero-order valence-electron chi connectivity index (χ0n) is 15.0. The van der Waals surface area contributed by atoms with E-state index in [-0.39, 0.29) is 5.92 Å². The summed E-state index contributed by atoms with van der Waals surface area (Å²) in [4.78, 5) is 33.8. The Morgan fingerprint density at radius 3 is 2.32 bits per heavy atom. The average Bonchev–Trinajstić information content (AvgIpc) is 2.51. The third-order valence-corrected chi connectivity index (χ3v) is 3.10. The molecule has 0 bridgehead atoms. The molecule has 138 valence electrons. The van der Waals surface area contributed by atoms with Gasteiger partial charge in [-0.3, -0.25) is 0 Å². The van der Waals surface area contributed by atoms with Gasteiger partial charge in [-0.05, 0) is 44.4 Å². The van der Waals surface area contributed by atoms with Gasteiger partial charge in [0.1, 0.15) is 23.7 Å². The van der Waals surface area contributed by atoms with Gasteiger partial charge in [0.2, 0.25) is 0 Å². The van der Waals surface area contributed by atoms with Crippen molar-refractivity contribution in [2.45, 2.75) is 45.8 Å². The molecule has 0 aliphatic rings. The van der Waals surface area contributed by atoms with Gasteiger partial charge in [0.15, 0.2) is 0 Å². The summed E-state index contributed by atoms with van der Waals surface area (Å²) in [6, 6.07) is 5.42. The van der Waals surface area contributed by atoms with Crippen LogP contribution in [0.2, 0.25) is 0 Å². The molecule has 0 aliphatic heterocycles. The fourth-order valence-electron chi connectivity index (χ4n) is 1.79. The summed E-state index contributed by atoms with van der Waals surface area (Å²) >= 11 is 0. The molecule has 1 aromatic rings. The quantitative estimate of drug-likeness (QED) is 0.457. The van der Waals surface area contributed by atoms with Crippen molar-refractivity contribution in [2.75, 3.05) is 6.61 Å². The number of nitrogens with two attached hydrogens (primary N) is 1. The first-order valence-corrected chi connectivity index (χ1v) is 7.99. The highest BCUT2D eigenvalue weighted by Crippen LogP contribution is 2.19. The second-order valence-electron chi connectivity index (χ2n) is 6.75. The van der Waals surface area contributed by atoms with Crippen LogP contribution in [0.15, 0.2) is 24.3 Å². The Hall–Kier alpha value is -2.41. The summed E-state index contributed by atoms with van der Waals surface area (Å²) in [6.07, 6.45) is 0.198. The van der Waals surface area contributed by atoms with E-state index in [1.165, 1.54) is 0 Å². The Balaban J connectivity index is 2.58. The maximum absolute atomic E-state index is 11.9. The summed E-state index contributed by atoms with van der Waals surface area (Å²) in [6.45, 7) is 7.30. The highest BCUT2D eigenvalue weighted by molar-refractivity contribution is 5.86. The van der Waals surface area contributed by atoms with Crippen molar-refractivity contribution in [2.24, 2.45) is 11.7 Å². The van der Waals surface area contributed by atoms with Crippen molar-refractivity contribution < 1.29 is 28.6 Å². The molecule has 0 radical (unpaired) electrons. The fraction of sp³-hybridized carbons (Fsp3) is 0.500. The Morgan fingerprint density at radius 1 is 1.20 bits per heavy atom. The molecule has 0 amide bonds. The molecule has 0 aromatic heterocycles. The van der Waals surface area contributed by atoms with Gasteiger partial charge in [-0.2, -0.15) is 0 Å². The molecule has 25 heavy (non-hydrogen) atoms. The first-order valence-electron chi connectivity index (χ1n) is 7.99. The number of carbonyl (C=O) groups is 3. The molecule has 0 fully saturated rings. The van der Waals surface area contributed by atoms with Crippen LogP contribution in [0.25, 0.3) is 0 Å². The molecule has 0 saturated heterocycles. The molecule has 0 aliphatic carbocycles. The average molecular weight is 351 g/mol. The van der Waals surface area contributed by atoms with E-state index in [2.05, 4.69) is 4.74 Å². The van der Waals surface area contributed by atoms with Crippen molar-refractivity contribution >= 4 is 18.4 Å². The first kappa shape index (κ1) is 20.6. The maximum atomic E-state index is 11.9. The Morgan fingerprint density at radius 2 is 1.80 bits per heavy atom. The van der Waals surface area contributed by atoms with E-state index in [0.717, 1.165) is 6.29 Å². The van der Waals surface area contributed by atoms with Crippen molar-refractivity contribution in [1.29, 1.82) is 0 Å². The number of hydrogen-bond donors (Lipinski definition) is 1. The molecular formula is C18H25NO6. The molecular weight excluding hydrogens is 326 g/mol. The van der Waals surface area contributed by atoms with Crippen LogP contribution in [0.5, 0.6) is 5.75 Å².